The minimum atomic E-state index is -0.231. The number of benzene rings is 1. The van der Waals surface area contributed by atoms with Crippen LogP contribution in [0.15, 0.2) is 24.3 Å². The highest BCUT2D eigenvalue weighted by molar-refractivity contribution is 5.78. The van der Waals surface area contributed by atoms with Gasteiger partial charge in [-0.15, -0.1) is 0 Å². The Kier molecular flexibility index (Phi) is 4.70. The number of hydrogen-bond acceptors (Lipinski definition) is 2. The number of ether oxygens (including phenoxy) is 1. The Bertz CT molecular complexity index is 385. The van der Waals surface area contributed by atoms with Crippen molar-refractivity contribution in [2.45, 2.75) is 19.3 Å². The molecule has 0 aromatic heterocycles. The second kappa shape index (κ2) is 6.50. The number of hydrogen-bond donors (Lipinski definition) is 1. The molecule has 1 aliphatic heterocycles. The molecule has 1 fully saturated rings. The third kappa shape index (κ3) is 3.81. The van der Waals surface area contributed by atoms with E-state index < -0.39 is 0 Å². The fourth-order valence-electron chi connectivity index (χ4n) is 2.09. The number of carbonyl (C=O) groups is 1. The molecule has 0 aliphatic carbocycles. The highest BCUT2D eigenvalue weighted by Crippen LogP contribution is 2.14. The summed E-state index contributed by atoms with van der Waals surface area (Å²) in [4.78, 5) is 11.8. The monoisotopic (exact) mass is 251 g/mol. The van der Waals surface area contributed by atoms with Crippen molar-refractivity contribution in [1.82, 2.24) is 5.32 Å². The first-order chi connectivity index (χ1) is 8.75. The molecule has 0 atom stereocenters. The molecule has 1 saturated heterocycles. The van der Waals surface area contributed by atoms with E-state index in [4.69, 9.17) is 4.74 Å². The first-order valence-electron chi connectivity index (χ1n) is 6.35. The third-order valence-corrected chi connectivity index (χ3v) is 3.22. The topological polar surface area (TPSA) is 38.3 Å². The van der Waals surface area contributed by atoms with E-state index in [0.717, 1.165) is 24.8 Å². The first kappa shape index (κ1) is 13.0. The van der Waals surface area contributed by atoms with Gasteiger partial charge < -0.3 is 10.1 Å². The minimum Gasteiger partial charge on any atom is -0.381 e. The molecule has 1 heterocycles. The number of amides is 1. The Morgan fingerprint density at radius 2 is 1.94 bits per heavy atom. The van der Waals surface area contributed by atoms with Crippen LogP contribution in [-0.4, -0.2) is 25.7 Å². The molecule has 18 heavy (non-hydrogen) atoms. The van der Waals surface area contributed by atoms with Crippen LogP contribution in [0.2, 0.25) is 0 Å². The van der Waals surface area contributed by atoms with Crippen LogP contribution in [0, 0.1) is 11.7 Å². The molecule has 1 aromatic rings. The molecular weight excluding hydrogens is 233 g/mol. The Labute approximate surface area is 106 Å². The van der Waals surface area contributed by atoms with Gasteiger partial charge in [0.1, 0.15) is 5.82 Å². The lowest BCUT2D eigenvalue weighted by molar-refractivity contribution is -0.127. The van der Waals surface area contributed by atoms with Crippen LogP contribution >= 0.6 is 0 Å². The molecule has 0 spiro atoms. The number of nitrogens with one attached hydrogen (secondary N) is 1. The maximum Gasteiger partial charge on any atom is 0.223 e. The van der Waals surface area contributed by atoms with Gasteiger partial charge >= 0.3 is 0 Å². The lowest BCUT2D eigenvalue weighted by Gasteiger charge is -2.21. The van der Waals surface area contributed by atoms with E-state index >= 15 is 0 Å². The van der Waals surface area contributed by atoms with Gasteiger partial charge in [-0.25, -0.2) is 4.39 Å². The summed E-state index contributed by atoms with van der Waals surface area (Å²) < 4.78 is 17.9. The molecule has 0 saturated carbocycles. The molecule has 2 rings (SSSR count). The van der Waals surface area contributed by atoms with Gasteiger partial charge in [0, 0.05) is 25.7 Å². The summed E-state index contributed by atoms with van der Waals surface area (Å²) in [7, 11) is 0. The van der Waals surface area contributed by atoms with Gasteiger partial charge in [0.25, 0.3) is 0 Å². The van der Waals surface area contributed by atoms with Crippen molar-refractivity contribution in [3.8, 4) is 0 Å². The van der Waals surface area contributed by atoms with Crippen LogP contribution in [0.5, 0.6) is 0 Å². The van der Waals surface area contributed by atoms with Crippen molar-refractivity contribution >= 4 is 5.91 Å². The van der Waals surface area contributed by atoms with Crippen LogP contribution in [-0.2, 0) is 16.0 Å². The second-order valence-corrected chi connectivity index (χ2v) is 4.55. The van der Waals surface area contributed by atoms with E-state index in [1.165, 1.54) is 12.1 Å². The maximum atomic E-state index is 12.7. The standard InChI is InChI=1S/C14H18FNO2/c15-13-3-1-11(2-4-13)5-8-16-14(17)12-6-9-18-10-7-12/h1-4,12H,5-10H2,(H,16,17). The zero-order valence-electron chi connectivity index (χ0n) is 10.3. The van der Waals surface area contributed by atoms with Crippen molar-refractivity contribution in [3.63, 3.8) is 0 Å². The molecule has 0 unspecified atom stereocenters. The molecule has 0 radical (unpaired) electrons. The van der Waals surface area contributed by atoms with Gasteiger partial charge in [-0.3, -0.25) is 4.79 Å². The highest BCUT2D eigenvalue weighted by Gasteiger charge is 2.20. The van der Waals surface area contributed by atoms with E-state index in [9.17, 15) is 9.18 Å². The summed E-state index contributed by atoms with van der Waals surface area (Å²) in [6.07, 6.45) is 2.35. The summed E-state index contributed by atoms with van der Waals surface area (Å²) in [6, 6.07) is 6.37. The number of rotatable bonds is 4. The quantitative estimate of drug-likeness (QED) is 0.887. The van der Waals surface area contributed by atoms with Gasteiger partial charge in [0.15, 0.2) is 0 Å². The van der Waals surface area contributed by atoms with Gasteiger partial charge in [-0.1, -0.05) is 12.1 Å². The van der Waals surface area contributed by atoms with Crippen molar-refractivity contribution in [1.29, 1.82) is 0 Å². The maximum absolute atomic E-state index is 12.7. The van der Waals surface area contributed by atoms with Crippen LogP contribution in [0.4, 0.5) is 4.39 Å². The molecular formula is C14H18FNO2. The predicted octanol–water partition coefficient (Wildman–Crippen LogP) is 1.91. The fraction of sp³-hybridized carbons (Fsp3) is 0.500. The zero-order valence-corrected chi connectivity index (χ0v) is 10.3. The van der Waals surface area contributed by atoms with Crippen LogP contribution in [0.3, 0.4) is 0 Å². The van der Waals surface area contributed by atoms with Crippen molar-refractivity contribution in [2.75, 3.05) is 19.8 Å². The second-order valence-electron chi connectivity index (χ2n) is 4.55. The molecule has 1 aromatic carbocycles. The average molecular weight is 251 g/mol. The van der Waals surface area contributed by atoms with Gasteiger partial charge in [0.2, 0.25) is 5.91 Å². The smallest absolute Gasteiger partial charge is 0.223 e. The van der Waals surface area contributed by atoms with Crippen LogP contribution < -0.4 is 5.32 Å². The molecule has 1 N–H and O–H groups in total. The van der Waals surface area contributed by atoms with E-state index in [-0.39, 0.29) is 17.6 Å². The lowest BCUT2D eigenvalue weighted by Crippen LogP contribution is -2.35. The fourth-order valence-corrected chi connectivity index (χ4v) is 2.09. The predicted molar refractivity (Wildman–Crippen MR) is 66.7 cm³/mol. The summed E-state index contributed by atoms with van der Waals surface area (Å²) in [5.74, 6) is -0.0302. The molecule has 0 bridgehead atoms. The SMILES string of the molecule is O=C(NCCc1ccc(F)cc1)C1CCOCC1. The van der Waals surface area contributed by atoms with E-state index in [2.05, 4.69) is 5.32 Å². The minimum absolute atomic E-state index is 0.0898. The van der Waals surface area contributed by atoms with Gasteiger partial charge in [0.05, 0.1) is 0 Å². The number of carbonyl (C=O) groups excluding carboxylic acids is 1. The molecule has 98 valence electrons. The first-order valence-corrected chi connectivity index (χ1v) is 6.35. The van der Waals surface area contributed by atoms with Crippen LogP contribution in [0.1, 0.15) is 18.4 Å². The Hall–Kier alpha value is -1.42. The van der Waals surface area contributed by atoms with Crippen molar-refractivity contribution < 1.29 is 13.9 Å². The average Bonchev–Trinajstić information content (AvgIpc) is 2.42. The normalized spacial score (nSPS) is 16.5. The number of halogens is 1. The Balaban J connectivity index is 1.71. The van der Waals surface area contributed by atoms with E-state index in [1.54, 1.807) is 12.1 Å². The lowest BCUT2D eigenvalue weighted by atomic mass is 9.99. The Morgan fingerprint density at radius 1 is 1.28 bits per heavy atom. The summed E-state index contributed by atoms with van der Waals surface area (Å²) in [5, 5.41) is 2.93. The molecule has 3 nitrogen and oxygen atoms in total. The highest BCUT2D eigenvalue weighted by atomic mass is 19.1. The molecule has 1 amide bonds. The largest absolute Gasteiger partial charge is 0.381 e. The van der Waals surface area contributed by atoms with E-state index in [1.807, 2.05) is 0 Å². The van der Waals surface area contributed by atoms with Crippen molar-refractivity contribution in [2.24, 2.45) is 5.92 Å². The molecule has 1 aliphatic rings. The summed E-state index contributed by atoms with van der Waals surface area (Å²) in [6.45, 7) is 1.95. The zero-order chi connectivity index (χ0) is 12.8. The third-order valence-electron chi connectivity index (χ3n) is 3.22. The van der Waals surface area contributed by atoms with Gasteiger partial charge in [-0.2, -0.15) is 0 Å². The summed E-state index contributed by atoms with van der Waals surface area (Å²) >= 11 is 0. The van der Waals surface area contributed by atoms with E-state index in [0.29, 0.717) is 19.8 Å². The van der Waals surface area contributed by atoms with Gasteiger partial charge in [-0.05, 0) is 37.0 Å². The molecule has 4 heteroatoms. The Morgan fingerprint density at radius 3 is 2.61 bits per heavy atom. The van der Waals surface area contributed by atoms with Crippen molar-refractivity contribution in [3.05, 3.63) is 35.6 Å². The summed E-state index contributed by atoms with van der Waals surface area (Å²) in [5.41, 5.74) is 1.03. The van der Waals surface area contributed by atoms with Crippen LogP contribution in [0.25, 0.3) is 0 Å².